The molecular weight excluding hydrogens is 538 g/mol. The van der Waals surface area contributed by atoms with Crippen molar-refractivity contribution < 1.29 is 28.6 Å². The molecule has 2 atom stereocenters. The van der Waals surface area contributed by atoms with Crippen molar-refractivity contribution in [1.82, 2.24) is 19.4 Å². The fourth-order valence-corrected chi connectivity index (χ4v) is 6.49. The first-order valence-corrected chi connectivity index (χ1v) is 14.7. The standard InChI is InChI=1S/C31H41N5O6/c1-19(2)15-23(32)28(37)36(30(40)35-13-14-41-31(18-35)11-7-8-12-31)25(27-33-26(29(38)39)20(3)42-27)16-21-17-34(4)24-10-6-5-9-22(21)24/h5-6,9-10,17,19,23,25H,7-8,11-16,18,32H2,1-4H3,(H,38,39)/t23?,25-/m1/s1. The van der Waals surface area contributed by atoms with E-state index in [9.17, 15) is 19.5 Å². The van der Waals surface area contributed by atoms with Gasteiger partial charge in [0.2, 0.25) is 11.8 Å². The van der Waals surface area contributed by atoms with E-state index in [1.165, 1.54) is 11.8 Å². The average molecular weight is 580 g/mol. The number of fused-ring (bicyclic) bond motifs is 1. The summed E-state index contributed by atoms with van der Waals surface area (Å²) in [6.07, 6.45) is 6.27. The van der Waals surface area contributed by atoms with E-state index in [0.717, 1.165) is 42.1 Å². The molecule has 1 aromatic carbocycles. The van der Waals surface area contributed by atoms with Gasteiger partial charge in [0.25, 0.3) is 0 Å². The molecule has 3 amide bonds. The number of ether oxygens (including phenoxy) is 1. The molecule has 3 aromatic rings. The summed E-state index contributed by atoms with van der Waals surface area (Å²) in [7, 11) is 1.93. The zero-order chi connectivity index (χ0) is 30.2. The molecule has 1 aliphatic heterocycles. The molecule has 11 nitrogen and oxygen atoms in total. The topological polar surface area (TPSA) is 144 Å². The highest BCUT2D eigenvalue weighted by atomic mass is 16.5. The maximum atomic E-state index is 14.5. The number of benzene rings is 1. The molecule has 0 radical (unpaired) electrons. The maximum absolute atomic E-state index is 14.5. The molecule has 1 saturated heterocycles. The van der Waals surface area contributed by atoms with Crippen LogP contribution in [0.25, 0.3) is 10.9 Å². The number of hydrogen-bond donors (Lipinski definition) is 2. The van der Waals surface area contributed by atoms with E-state index < -0.39 is 35.6 Å². The van der Waals surface area contributed by atoms with Gasteiger partial charge in [-0.05, 0) is 43.7 Å². The third-order valence-electron chi connectivity index (χ3n) is 8.53. The quantitative estimate of drug-likeness (QED) is 0.399. The van der Waals surface area contributed by atoms with Crippen LogP contribution in [0.15, 0.2) is 34.9 Å². The number of aromatic carboxylic acids is 1. The van der Waals surface area contributed by atoms with E-state index >= 15 is 0 Å². The fourth-order valence-electron chi connectivity index (χ4n) is 6.49. The first kappa shape index (κ1) is 29.8. The lowest BCUT2D eigenvalue weighted by atomic mass is 9.98. The molecule has 1 saturated carbocycles. The van der Waals surface area contributed by atoms with E-state index in [0.29, 0.717) is 26.1 Å². The van der Waals surface area contributed by atoms with Crippen LogP contribution in [0.4, 0.5) is 4.79 Å². The highest BCUT2D eigenvalue weighted by Gasteiger charge is 2.45. The third-order valence-corrected chi connectivity index (χ3v) is 8.53. The number of carbonyl (C=O) groups excluding carboxylic acids is 2. The van der Waals surface area contributed by atoms with Crippen LogP contribution in [0.2, 0.25) is 0 Å². The van der Waals surface area contributed by atoms with Crippen LogP contribution in [0.3, 0.4) is 0 Å². The number of oxazole rings is 1. The Morgan fingerprint density at radius 3 is 2.57 bits per heavy atom. The molecule has 11 heteroatoms. The molecule has 3 N–H and O–H groups in total. The Labute approximate surface area is 245 Å². The molecule has 1 unspecified atom stereocenters. The van der Waals surface area contributed by atoms with Crippen molar-refractivity contribution in [3.8, 4) is 0 Å². The maximum Gasteiger partial charge on any atom is 0.358 e. The van der Waals surface area contributed by atoms with Crippen LogP contribution >= 0.6 is 0 Å². The highest BCUT2D eigenvalue weighted by molar-refractivity contribution is 5.98. The Morgan fingerprint density at radius 1 is 1.19 bits per heavy atom. The van der Waals surface area contributed by atoms with Crippen molar-refractivity contribution in [2.75, 3.05) is 19.7 Å². The van der Waals surface area contributed by atoms with Gasteiger partial charge in [0.05, 0.1) is 24.8 Å². The molecule has 1 aliphatic carbocycles. The number of aromatic nitrogens is 2. The van der Waals surface area contributed by atoms with Gasteiger partial charge in [-0.1, -0.05) is 44.9 Å². The van der Waals surface area contributed by atoms with Gasteiger partial charge in [-0.15, -0.1) is 0 Å². The molecular formula is C31H41N5O6. The largest absolute Gasteiger partial charge is 0.476 e. The van der Waals surface area contributed by atoms with Gasteiger partial charge in [-0.25, -0.2) is 19.5 Å². The molecule has 2 fully saturated rings. The minimum absolute atomic E-state index is 0.0138. The molecule has 226 valence electrons. The summed E-state index contributed by atoms with van der Waals surface area (Å²) >= 11 is 0. The predicted octanol–water partition coefficient (Wildman–Crippen LogP) is 4.42. The monoisotopic (exact) mass is 579 g/mol. The van der Waals surface area contributed by atoms with E-state index in [4.69, 9.17) is 14.9 Å². The number of morpholine rings is 1. The van der Waals surface area contributed by atoms with Crippen molar-refractivity contribution in [2.45, 2.75) is 77.0 Å². The number of aryl methyl sites for hydroxylation is 2. The highest BCUT2D eigenvalue weighted by Crippen LogP contribution is 2.37. The van der Waals surface area contributed by atoms with Gasteiger partial charge < -0.3 is 29.5 Å². The van der Waals surface area contributed by atoms with Crippen molar-refractivity contribution in [3.05, 3.63) is 53.4 Å². The summed E-state index contributed by atoms with van der Waals surface area (Å²) in [5.74, 6) is -1.59. The lowest BCUT2D eigenvalue weighted by Crippen LogP contribution is -2.59. The third kappa shape index (κ3) is 5.80. The Morgan fingerprint density at radius 2 is 1.90 bits per heavy atom. The summed E-state index contributed by atoms with van der Waals surface area (Å²) in [6, 6.07) is 5.39. The summed E-state index contributed by atoms with van der Waals surface area (Å²) < 4.78 is 14.1. The summed E-state index contributed by atoms with van der Waals surface area (Å²) in [6.45, 7) is 6.53. The van der Waals surface area contributed by atoms with Gasteiger partial charge in [-0.2, -0.15) is 0 Å². The average Bonchev–Trinajstić information content (AvgIpc) is 3.65. The lowest BCUT2D eigenvalue weighted by Gasteiger charge is -2.43. The summed E-state index contributed by atoms with van der Waals surface area (Å²) in [5.41, 5.74) is 7.63. The Kier molecular flexibility index (Phi) is 8.43. The van der Waals surface area contributed by atoms with Crippen LogP contribution in [0, 0.1) is 12.8 Å². The van der Waals surface area contributed by atoms with E-state index in [1.807, 2.05) is 55.9 Å². The van der Waals surface area contributed by atoms with Crippen LogP contribution in [-0.4, -0.2) is 73.7 Å². The second-order valence-electron chi connectivity index (χ2n) is 12.2. The van der Waals surface area contributed by atoms with E-state index in [1.54, 1.807) is 4.90 Å². The fraction of sp³-hybridized carbons (Fsp3) is 0.548. The van der Waals surface area contributed by atoms with Crippen LogP contribution in [-0.2, 0) is 23.0 Å². The second-order valence-corrected chi connectivity index (χ2v) is 12.2. The number of hydrogen-bond acceptors (Lipinski definition) is 7. The number of carbonyl (C=O) groups is 3. The predicted molar refractivity (Wildman–Crippen MR) is 156 cm³/mol. The number of rotatable bonds is 8. The molecule has 3 heterocycles. The summed E-state index contributed by atoms with van der Waals surface area (Å²) in [4.78, 5) is 47.8. The van der Waals surface area contributed by atoms with Crippen molar-refractivity contribution in [3.63, 3.8) is 0 Å². The first-order chi connectivity index (χ1) is 20.0. The molecule has 5 rings (SSSR count). The number of carboxylic acids is 1. The van der Waals surface area contributed by atoms with Crippen LogP contribution < -0.4 is 5.73 Å². The number of amides is 3. The minimum Gasteiger partial charge on any atom is -0.476 e. The summed E-state index contributed by atoms with van der Waals surface area (Å²) in [5, 5.41) is 10.7. The van der Waals surface area contributed by atoms with Gasteiger partial charge >= 0.3 is 12.0 Å². The van der Waals surface area contributed by atoms with Gasteiger partial charge in [-0.3, -0.25) is 4.79 Å². The second kappa shape index (κ2) is 11.9. The smallest absolute Gasteiger partial charge is 0.358 e. The number of imide groups is 1. The number of nitrogens with zero attached hydrogens (tertiary/aromatic N) is 4. The number of carboxylic acid groups (broad SMARTS) is 1. The van der Waals surface area contributed by atoms with Crippen LogP contribution in [0.5, 0.6) is 0 Å². The van der Waals surface area contributed by atoms with Gasteiger partial charge in [0, 0.05) is 37.1 Å². The van der Waals surface area contributed by atoms with Crippen molar-refractivity contribution in [1.29, 1.82) is 0 Å². The van der Waals surface area contributed by atoms with Crippen molar-refractivity contribution >= 4 is 28.8 Å². The Bertz CT molecular complexity index is 1470. The van der Waals surface area contributed by atoms with E-state index in [2.05, 4.69) is 4.98 Å². The Hall–Kier alpha value is -3.70. The first-order valence-electron chi connectivity index (χ1n) is 14.7. The van der Waals surface area contributed by atoms with Crippen LogP contribution in [0.1, 0.15) is 79.7 Å². The zero-order valence-electron chi connectivity index (χ0n) is 24.8. The molecule has 0 bridgehead atoms. The number of urea groups is 1. The number of nitrogens with two attached hydrogens (primary N) is 1. The van der Waals surface area contributed by atoms with Gasteiger partial charge in [0.15, 0.2) is 5.69 Å². The minimum atomic E-state index is -1.25. The Balaban J connectivity index is 1.61. The van der Waals surface area contributed by atoms with E-state index in [-0.39, 0.29) is 29.7 Å². The number of para-hydroxylation sites is 1. The van der Waals surface area contributed by atoms with Gasteiger partial charge in [0.1, 0.15) is 11.8 Å². The normalized spacial score (nSPS) is 18.1. The zero-order valence-corrected chi connectivity index (χ0v) is 24.8. The lowest BCUT2D eigenvalue weighted by molar-refractivity contribution is -0.135. The molecule has 2 aliphatic rings. The van der Waals surface area contributed by atoms with Crippen molar-refractivity contribution in [2.24, 2.45) is 18.7 Å². The molecule has 1 spiro atoms. The molecule has 42 heavy (non-hydrogen) atoms. The molecule has 2 aromatic heterocycles. The SMILES string of the molecule is Cc1oc([C@@H](Cc2cn(C)c3ccccc23)N(C(=O)C(N)CC(C)C)C(=O)N2CCOC3(CCCC3)C2)nc1C(=O)O.